The Morgan fingerprint density at radius 2 is 2.44 bits per heavy atom. The average molecular weight is 126 g/mol. The minimum Gasteiger partial charge on any atom is -0.390 e. The largest absolute Gasteiger partial charge is 0.390 e. The van der Waals surface area contributed by atoms with Crippen molar-refractivity contribution in [1.82, 2.24) is 4.90 Å². The normalized spacial score (nSPS) is 36.6. The third-order valence-electron chi connectivity index (χ3n) is 1.75. The fourth-order valence-corrected chi connectivity index (χ4v) is 1.11. The van der Waals surface area contributed by atoms with E-state index in [-0.39, 0.29) is 6.04 Å². The molecule has 0 bridgehead atoms. The van der Waals surface area contributed by atoms with Crippen LogP contribution >= 0.6 is 0 Å². The van der Waals surface area contributed by atoms with Gasteiger partial charge in [0.25, 0.3) is 0 Å². The molecule has 1 aliphatic heterocycles. The van der Waals surface area contributed by atoms with E-state index in [4.69, 9.17) is 10.4 Å². The Bertz CT molecular complexity index is 130. The van der Waals surface area contributed by atoms with Crippen molar-refractivity contribution in [3.63, 3.8) is 0 Å². The van der Waals surface area contributed by atoms with E-state index in [2.05, 4.69) is 0 Å². The zero-order valence-corrected chi connectivity index (χ0v) is 5.41. The summed E-state index contributed by atoms with van der Waals surface area (Å²) in [6.07, 6.45) is 0.300. The molecule has 1 fully saturated rings. The second-order valence-electron chi connectivity index (χ2n) is 2.41. The molecule has 0 saturated carbocycles. The standard InChI is InChI=1S/C6H10N2O/c1-8-3-2-6(9)5(8)4-7/h5-6,9H,2-3H2,1H3. The van der Waals surface area contributed by atoms with Crippen LogP contribution in [-0.2, 0) is 0 Å². The number of nitriles is 1. The quantitative estimate of drug-likeness (QED) is 0.479. The van der Waals surface area contributed by atoms with Crippen molar-refractivity contribution in [2.24, 2.45) is 0 Å². The van der Waals surface area contributed by atoms with E-state index in [9.17, 15) is 0 Å². The van der Waals surface area contributed by atoms with Crippen molar-refractivity contribution in [3.05, 3.63) is 0 Å². The van der Waals surface area contributed by atoms with Gasteiger partial charge in [0.2, 0.25) is 0 Å². The molecule has 1 N–H and O–H groups in total. The number of likely N-dealkylation sites (tertiary alicyclic amines) is 1. The van der Waals surface area contributed by atoms with Crippen molar-refractivity contribution in [3.8, 4) is 6.07 Å². The minimum absolute atomic E-state index is 0.273. The molecule has 0 aromatic heterocycles. The molecule has 2 unspecified atom stereocenters. The van der Waals surface area contributed by atoms with Gasteiger partial charge in [0.1, 0.15) is 6.04 Å². The van der Waals surface area contributed by atoms with E-state index >= 15 is 0 Å². The lowest BCUT2D eigenvalue weighted by molar-refractivity contribution is 0.154. The Morgan fingerprint density at radius 3 is 2.67 bits per heavy atom. The highest BCUT2D eigenvalue weighted by atomic mass is 16.3. The van der Waals surface area contributed by atoms with Crippen LogP contribution in [0.5, 0.6) is 0 Å². The first kappa shape index (κ1) is 6.53. The van der Waals surface area contributed by atoms with Crippen molar-refractivity contribution in [2.45, 2.75) is 18.6 Å². The fourth-order valence-electron chi connectivity index (χ4n) is 1.11. The summed E-state index contributed by atoms with van der Waals surface area (Å²) < 4.78 is 0. The van der Waals surface area contributed by atoms with Gasteiger partial charge in [-0.25, -0.2) is 0 Å². The minimum atomic E-state index is -0.431. The lowest BCUT2D eigenvalue weighted by Gasteiger charge is -2.12. The van der Waals surface area contributed by atoms with Gasteiger partial charge in [0.15, 0.2) is 0 Å². The van der Waals surface area contributed by atoms with E-state index in [1.807, 2.05) is 18.0 Å². The Balaban J connectivity index is 2.57. The maximum Gasteiger partial charge on any atom is 0.124 e. The maximum absolute atomic E-state index is 9.10. The highest BCUT2D eigenvalue weighted by molar-refractivity contribution is 5.00. The molecule has 0 aromatic rings. The Labute approximate surface area is 54.5 Å². The zero-order chi connectivity index (χ0) is 6.85. The Morgan fingerprint density at radius 1 is 1.78 bits per heavy atom. The zero-order valence-electron chi connectivity index (χ0n) is 5.41. The van der Waals surface area contributed by atoms with E-state index in [0.29, 0.717) is 0 Å². The molecule has 2 atom stereocenters. The predicted octanol–water partition coefficient (Wildman–Crippen LogP) is -0.425. The Hall–Kier alpha value is -0.590. The smallest absolute Gasteiger partial charge is 0.124 e. The van der Waals surface area contributed by atoms with Crippen molar-refractivity contribution in [2.75, 3.05) is 13.6 Å². The summed E-state index contributed by atoms with van der Waals surface area (Å²) in [5.41, 5.74) is 0. The van der Waals surface area contributed by atoms with Crippen molar-refractivity contribution < 1.29 is 5.11 Å². The number of hydrogen-bond acceptors (Lipinski definition) is 3. The summed E-state index contributed by atoms with van der Waals surface area (Å²) in [6, 6.07) is 1.77. The number of rotatable bonds is 0. The number of hydrogen-bond donors (Lipinski definition) is 1. The topological polar surface area (TPSA) is 47.3 Å². The first-order valence-corrected chi connectivity index (χ1v) is 3.03. The molecule has 1 heterocycles. The van der Waals surface area contributed by atoms with Crippen LogP contribution in [0.4, 0.5) is 0 Å². The third kappa shape index (κ3) is 1.04. The number of nitrogens with zero attached hydrogens (tertiary/aromatic N) is 2. The van der Waals surface area contributed by atoms with Crippen LogP contribution < -0.4 is 0 Å². The van der Waals surface area contributed by atoms with Gasteiger partial charge in [0, 0.05) is 6.54 Å². The van der Waals surface area contributed by atoms with Crippen molar-refractivity contribution in [1.29, 1.82) is 5.26 Å². The second-order valence-corrected chi connectivity index (χ2v) is 2.41. The van der Waals surface area contributed by atoms with E-state index < -0.39 is 6.10 Å². The SMILES string of the molecule is CN1CCC(O)C1C#N. The lowest BCUT2D eigenvalue weighted by Crippen LogP contribution is -2.30. The molecule has 1 rings (SSSR count). The lowest BCUT2D eigenvalue weighted by atomic mass is 10.2. The number of aliphatic hydroxyl groups excluding tert-OH is 1. The molecule has 9 heavy (non-hydrogen) atoms. The molecule has 1 aliphatic rings. The van der Waals surface area contributed by atoms with Gasteiger partial charge in [-0.3, -0.25) is 4.90 Å². The van der Waals surface area contributed by atoms with Gasteiger partial charge >= 0.3 is 0 Å². The predicted molar refractivity (Wildman–Crippen MR) is 32.7 cm³/mol. The first-order chi connectivity index (χ1) is 4.25. The second kappa shape index (κ2) is 2.34. The molecule has 0 radical (unpaired) electrons. The summed E-state index contributed by atoms with van der Waals surface area (Å²) in [7, 11) is 1.85. The first-order valence-electron chi connectivity index (χ1n) is 3.03. The molecule has 3 nitrogen and oxygen atoms in total. The van der Waals surface area contributed by atoms with Crippen molar-refractivity contribution >= 4 is 0 Å². The molecule has 0 spiro atoms. The molecular formula is C6H10N2O. The van der Waals surface area contributed by atoms with Gasteiger partial charge in [-0.1, -0.05) is 0 Å². The fraction of sp³-hybridized carbons (Fsp3) is 0.833. The monoisotopic (exact) mass is 126 g/mol. The molecule has 0 amide bonds. The summed E-state index contributed by atoms with van der Waals surface area (Å²) in [5, 5.41) is 17.6. The van der Waals surface area contributed by atoms with E-state index in [1.165, 1.54) is 0 Å². The molecular weight excluding hydrogens is 116 g/mol. The highest BCUT2D eigenvalue weighted by Crippen LogP contribution is 2.13. The van der Waals surface area contributed by atoms with Crippen LogP contribution in [0.1, 0.15) is 6.42 Å². The molecule has 0 aliphatic carbocycles. The summed E-state index contributed by atoms with van der Waals surface area (Å²) in [6.45, 7) is 0.833. The summed E-state index contributed by atoms with van der Waals surface area (Å²) >= 11 is 0. The van der Waals surface area contributed by atoms with E-state index in [0.717, 1.165) is 13.0 Å². The van der Waals surface area contributed by atoms with Gasteiger partial charge < -0.3 is 5.11 Å². The van der Waals surface area contributed by atoms with Gasteiger partial charge in [-0.15, -0.1) is 0 Å². The van der Waals surface area contributed by atoms with Crippen LogP contribution in [0.25, 0.3) is 0 Å². The van der Waals surface area contributed by atoms with E-state index in [1.54, 1.807) is 0 Å². The van der Waals surface area contributed by atoms with Crippen LogP contribution in [0.3, 0.4) is 0 Å². The molecule has 50 valence electrons. The van der Waals surface area contributed by atoms with Gasteiger partial charge in [0.05, 0.1) is 12.2 Å². The van der Waals surface area contributed by atoms with Crippen LogP contribution in [-0.4, -0.2) is 35.7 Å². The van der Waals surface area contributed by atoms with Crippen LogP contribution in [0.2, 0.25) is 0 Å². The third-order valence-corrected chi connectivity index (χ3v) is 1.75. The van der Waals surface area contributed by atoms with Gasteiger partial charge in [-0.05, 0) is 13.5 Å². The van der Waals surface area contributed by atoms with Crippen LogP contribution in [0, 0.1) is 11.3 Å². The average Bonchev–Trinajstić information content (AvgIpc) is 2.12. The maximum atomic E-state index is 9.10. The summed E-state index contributed by atoms with van der Waals surface area (Å²) in [4.78, 5) is 1.87. The molecule has 1 saturated heterocycles. The highest BCUT2D eigenvalue weighted by Gasteiger charge is 2.29. The van der Waals surface area contributed by atoms with Gasteiger partial charge in [-0.2, -0.15) is 5.26 Å². The number of aliphatic hydroxyl groups is 1. The number of likely N-dealkylation sites (N-methyl/N-ethyl adjacent to an activating group) is 1. The molecule has 0 aromatic carbocycles. The molecule has 3 heteroatoms. The van der Waals surface area contributed by atoms with Crippen LogP contribution in [0.15, 0.2) is 0 Å². The Kier molecular flexibility index (Phi) is 1.70. The summed E-state index contributed by atoms with van der Waals surface area (Å²) in [5.74, 6) is 0.